The van der Waals surface area contributed by atoms with Crippen LogP contribution in [-0.2, 0) is 4.74 Å². The van der Waals surface area contributed by atoms with E-state index in [1.165, 1.54) is 11.8 Å². The van der Waals surface area contributed by atoms with Crippen molar-refractivity contribution in [2.45, 2.75) is 63.3 Å². The van der Waals surface area contributed by atoms with Gasteiger partial charge >= 0.3 is 6.09 Å². The molecule has 0 radical (unpaired) electrons. The number of aromatic nitrogens is 2. The minimum Gasteiger partial charge on any atom is -0.444 e. The third-order valence-corrected chi connectivity index (χ3v) is 6.83. The number of fused-ring (bicyclic) bond motifs is 3. The maximum atomic E-state index is 13.4. The molecular formula is C22H33N5O3S. The number of likely N-dealkylation sites (tertiary alicyclic amines) is 1. The van der Waals surface area contributed by atoms with Crippen molar-refractivity contribution in [3.8, 4) is 0 Å². The first-order valence-corrected chi connectivity index (χ1v) is 12.4. The molecule has 4 heterocycles. The summed E-state index contributed by atoms with van der Waals surface area (Å²) in [4.78, 5) is 40.9. The van der Waals surface area contributed by atoms with Crippen molar-refractivity contribution >= 4 is 29.6 Å². The highest BCUT2D eigenvalue weighted by molar-refractivity contribution is 7.98. The highest BCUT2D eigenvalue weighted by Crippen LogP contribution is 2.33. The minimum atomic E-state index is -0.481. The number of amides is 2. The number of ether oxygens (including phenoxy) is 1. The number of thioether (sulfide) groups is 1. The van der Waals surface area contributed by atoms with E-state index in [0.717, 1.165) is 51.1 Å². The smallest absolute Gasteiger partial charge is 0.410 e. The molecule has 1 aromatic heterocycles. The first kappa shape index (κ1) is 22.2. The van der Waals surface area contributed by atoms with Crippen LogP contribution in [0.5, 0.6) is 0 Å². The molecule has 8 nitrogen and oxygen atoms in total. The Kier molecular flexibility index (Phi) is 6.32. The lowest BCUT2D eigenvalue weighted by molar-refractivity contribution is 0.0166. The van der Waals surface area contributed by atoms with Gasteiger partial charge < -0.3 is 19.4 Å². The van der Waals surface area contributed by atoms with E-state index in [1.807, 2.05) is 31.9 Å². The zero-order valence-corrected chi connectivity index (χ0v) is 19.8. The highest BCUT2D eigenvalue weighted by atomic mass is 32.2. The summed E-state index contributed by atoms with van der Waals surface area (Å²) in [6, 6.07) is 0.316. The Morgan fingerprint density at radius 2 is 1.97 bits per heavy atom. The summed E-state index contributed by atoms with van der Waals surface area (Å²) in [6.45, 7) is 9.40. The van der Waals surface area contributed by atoms with Crippen LogP contribution >= 0.6 is 11.8 Å². The molecule has 0 bridgehead atoms. The molecule has 2 amide bonds. The molecule has 1 unspecified atom stereocenters. The van der Waals surface area contributed by atoms with Crippen LogP contribution in [0.15, 0.2) is 11.4 Å². The molecule has 0 aliphatic carbocycles. The first-order valence-electron chi connectivity index (χ1n) is 11.2. The predicted octanol–water partition coefficient (Wildman–Crippen LogP) is 3.27. The van der Waals surface area contributed by atoms with Crippen LogP contribution in [0.25, 0.3) is 0 Å². The molecule has 2 fully saturated rings. The summed E-state index contributed by atoms with van der Waals surface area (Å²) < 4.78 is 5.50. The molecule has 31 heavy (non-hydrogen) atoms. The topological polar surface area (TPSA) is 78.9 Å². The van der Waals surface area contributed by atoms with Crippen molar-refractivity contribution in [2.75, 3.05) is 43.9 Å². The molecule has 1 aromatic rings. The van der Waals surface area contributed by atoms with E-state index in [9.17, 15) is 9.59 Å². The van der Waals surface area contributed by atoms with Crippen molar-refractivity contribution in [3.05, 3.63) is 11.8 Å². The molecule has 170 valence electrons. The summed E-state index contributed by atoms with van der Waals surface area (Å²) in [5.41, 5.74) is 0.138. The summed E-state index contributed by atoms with van der Waals surface area (Å²) in [5, 5.41) is 0.708. The van der Waals surface area contributed by atoms with Crippen LogP contribution in [0.3, 0.4) is 0 Å². The number of rotatable bonds is 3. The Hall–Kier alpha value is -2.03. The van der Waals surface area contributed by atoms with Gasteiger partial charge in [-0.1, -0.05) is 11.8 Å². The van der Waals surface area contributed by atoms with Gasteiger partial charge in [0.25, 0.3) is 5.91 Å². The van der Waals surface area contributed by atoms with Gasteiger partial charge in [-0.15, -0.1) is 0 Å². The van der Waals surface area contributed by atoms with Gasteiger partial charge in [0, 0.05) is 45.0 Å². The molecule has 3 aliphatic rings. The van der Waals surface area contributed by atoms with Crippen LogP contribution in [0.4, 0.5) is 10.6 Å². The molecular weight excluding hydrogens is 414 g/mol. The summed E-state index contributed by atoms with van der Waals surface area (Å²) in [5.74, 6) is 1.21. The number of anilines is 1. The van der Waals surface area contributed by atoms with Crippen LogP contribution in [0.2, 0.25) is 0 Å². The zero-order valence-electron chi connectivity index (χ0n) is 19.0. The van der Waals surface area contributed by atoms with Crippen molar-refractivity contribution in [1.82, 2.24) is 19.8 Å². The molecule has 9 heteroatoms. The fourth-order valence-corrected chi connectivity index (χ4v) is 5.07. The van der Waals surface area contributed by atoms with E-state index in [2.05, 4.69) is 9.88 Å². The largest absolute Gasteiger partial charge is 0.444 e. The van der Waals surface area contributed by atoms with Crippen LogP contribution in [-0.4, -0.2) is 82.4 Å². The van der Waals surface area contributed by atoms with E-state index >= 15 is 0 Å². The average molecular weight is 448 g/mol. The molecule has 4 rings (SSSR count). The molecule has 0 aromatic carbocycles. The second kappa shape index (κ2) is 8.84. The number of carbonyl (C=O) groups excluding carboxylic acids is 2. The first-order chi connectivity index (χ1) is 14.7. The lowest BCUT2D eigenvalue weighted by atomic mass is 9.96. The fourth-order valence-electron chi connectivity index (χ4n) is 4.73. The van der Waals surface area contributed by atoms with Crippen molar-refractivity contribution in [2.24, 2.45) is 5.92 Å². The minimum absolute atomic E-state index is 0.0339. The normalized spacial score (nSPS) is 22.3. The predicted molar refractivity (Wildman–Crippen MR) is 121 cm³/mol. The Morgan fingerprint density at radius 1 is 1.23 bits per heavy atom. The zero-order chi connectivity index (χ0) is 22.2. The maximum absolute atomic E-state index is 13.4. The van der Waals surface area contributed by atoms with E-state index < -0.39 is 5.60 Å². The molecule has 2 saturated heterocycles. The van der Waals surface area contributed by atoms with Crippen molar-refractivity contribution < 1.29 is 14.3 Å². The molecule has 0 spiro atoms. The standard InChI is InChI=1S/C22H33N5O3S/c1-22(2,3)30-21(29)25-10-7-15(8-11-25)13-26-14-16-6-5-9-27(16)18-17(19(26)28)12-23-20(24-18)31-4/h12,15-16H,5-11,13-14H2,1-4H3. The van der Waals surface area contributed by atoms with Gasteiger partial charge in [0.15, 0.2) is 5.16 Å². The number of hydrogen-bond acceptors (Lipinski definition) is 7. The fraction of sp³-hybridized carbons (Fsp3) is 0.727. The van der Waals surface area contributed by atoms with E-state index in [4.69, 9.17) is 9.72 Å². The van der Waals surface area contributed by atoms with Gasteiger partial charge in [-0.05, 0) is 58.6 Å². The third-order valence-electron chi connectivity index (χ3n) is 6.27. The van der Waals surface area contributed by atoms with Gasteiger partial charge in [0.2, 0.25) is 0 Å². The Bertz CT molecular complexity index is 835. The molecule has 1 atom stereocenters. The third kappa shape index (κ3) is 4.91. The number of carbonyl (C=O) groups is 2. The summed E-state index contributed by atoms with van der Waals surface area (Å²) in [6.07, 6.45) is 7.39. The second-order valence-electron chi connectivity index (χ2n) is 9.70. The van der Waals surface area contributed by atoms with Crippen LogP contribution in [0, 0.1) is 5.92 Å². The number of piperidine rings is 1. The second-order valence-corrected chi connectivity index (χ2v) is 10.5. The van der Waals surface area contributed by atoms with Crippen LogP contribution in [0.1, 0.15) is 56.8 Å². The van der Waals surface area contributed by atoms with Gasteiger partial charge in [-0.3, -0.25) is 4.79 Å². The van der Waals surface area contributed by atoms with Crippen molar-refractivity contribution in [1.29, 1.82) is 0 Å². The van der Waals surface area contributed by atoms with Crippen LogP contribution < -0.4 is 4.90 Å². The van der Waals surface area contributed by atoms with Gasteiger partial charge in [-0.2, -0.15) is 0 Å². The van der Waals surface area contributed by atoms with Gasteiger partial charge in [-0.25, -0.2) is 14.8 Å². The Labute approximate surface area is 188 Å². The van der Waals surface area contributed by atoms with E-state index in [0.29, 0.717) is 35.8 Å². The average Bonchev–Trinajstić information content (AvgIpc) is 3.16. The van der Waals surface area contributed by atoms with Crippen molar-refractivity contribution in [3.63, 3.8) is 0 Å². The highest BCUT2D eigenvalue weighted by Gasteiger charge is 2.38. The number of nitrogens with zero attached hydrogens (tertiary/aromatic N) is 5. The lowest BCUT2D eigenvalue weighted by Gasteiger charge is -2.36. The summed E-state index contributed by atoms with van der Waals surface area (Å²) in [7, 11) is 0. The summed E-state index contributed by atoms with van der Waals surface area (Å²) >= 11 is 1.50. The van der Waals surface area contributed by atoms with Gasteiger partial charge in [0.1, 0.15) is 17.0 Å². The number of hydrogen-bond donors (Lipinski definition) is 0. The molecule has 0 saturated carbocycles. The Morgan fingerprint density at radius 3 is 2.65 bits per heavy atom. The molecule has 3 aliphatic heterocycles. The SMILES string of the molecule is CSc1ncc2c(n1)N1CCCC1CN(CC1CCN(C(=O)OC(C)(C)C)CC1)C2=O. The van der Waals surface area contributed by atoms with Gasteiger partial charge in [0.05, 0.1) is 0 Å². The molecule has 0 N–H and O–H groups in total. The van der Waals surface area contributed by atoms with E-state index in [-0.39, 0.29) is 12.0 Å². The van der Waals surface area contributed by atoms with E-state index in [1.54, 1.807) is 11.1 Å². The monoisotopic (exact) mass is 447 g/mol. The Balaban J connectivity index is 1.43. The maximum Gasteiger partial charge on any atom is 0.410 e. The quantitative estimate of drug-likeness (QED) is 0.520. The lowest BCUT2D eigenvalue weighted by Crippen LogP contribution is -2.46.